The molecule has 2 aromatic rings. The van der Waals surface area contributed by atoms with Crippen molar-refractivity contribution in [1.29, 1.82) is 0 Å². The van der Waals surface area contributed by atoms with E-state index < -0.39 is 0 Å². The highest BCUT2D eigenvalue weighted by Gasteiger charge is 2.07. The Labute approximate surface area is 127 Å². The van der Waals surface area contributed by atoms with Crippen LogP contribution in [0.15, 0.2) is 54.6 Å². The second-order valence-corrected chi connectivity index (χ2v) is 5.01. The number of carbonyl (C=O) groups is 1. The summed E-state index contributed by atoms with van der Waals surface area (Å²) in [5, 5.41) is 0.337. The molecule has 104 valence electrons. The van der Waals surface area contributed by atoms with Gasteiger partial charge in [-0.05, 0) is 29.8 Å². The van der Waals surface area contributed by atoms with Crippen LogP contribution in [-0.2, 0) is 11.3 Å². The highest BCUT2D eigenvalue weighted by Crippen LogP contribution is 2.22. The zero-order valence-electron chi connectivity index (χ0n) is 11.3. The summed E-state index contributed by atoms with van der Waals surface area (Å²) in [4.78, 5) is 13.2. The summed E-state index contributed by atoms with van der Waals surface area (Å²) in [6.45, 7) is 0.566. The van der Waals surface area contributed by atoms with E-state index in [2.05, 4.69) is 15.9 Å². The fraction of sp³-hybridized carbons (Fsp3) is 0.188. The molecular weight excluding hydrogens is 318 g/mol. The number of rotatable bonds is 5. The largest absolute Gasteiger partial charge is 0.457 e. The van der Waals surface area contributed by atoms with E-state index in [9.17, 15) is 4.79 Å². The first-order valence-electron chi connectivity index (χ1n) is 6.31. The Bertz CT molecular complexity index is 572. The van der Waals surface area contributed by atoms with E-state index in [1.54, 1.807) is 11.9 Å². The first kappa shape index (κ1) is 14.6. The number of ether oxygens (including phenoxy) is 1. The molecule has 0 aliphatic heterocycles. The van der Waals surface area contributed by atoms with Crippen molar-refractivity contribution in [2.75, 3.05) is 12.4 Å². The monoisotopic (exact) mass is 333 g/mol. The average Bonchev–Trinajstić information content (AvgIpc) is 2.47. The second-order valence-electron chi connectivity index (χ2n) is 4.45. The molecule has 2 aromatic carbocycles. The third-order valence-electron chi connectivity index (χ3n) is 2.84. The van der Waals surface area contributed by atoms with Gasteiger partial charge >= 0.3 is 0 Å². The molecule has 0 unspecified atom stereocenters. The first-order chi connectivity index (χ1) is 9.69. The third kappa shape index (κ3) is 4.10. The minimum Gasteiger partial charge on any atom is -0.457 e. The molecule has 0 fully saturated rings. The van der Waals surface area contributed by atoms with Crippen LogP contribution in [0, 0.1) is 0 Å². The Balaban J connectivity index is 2.06. The van der Waals surface area contributed by atoms with Gasteiger partial charge in [-0.15, -0.1) is 0 Å². The Kier molecular flexibility index (Phi) is 5.18. The van der Waals surface area contributed by atoms with Crippen molar-refractivity contribution in [3.8, 4) is 11.5 Å². The molecule has 0 spiro atoms. The van der Waals surface area contributed by atoms with Crippen molar-refractivity contribution in [2.45, 2.75) is 6.54 Å². The number of hydrogen-bond acceptors (Lipinski definition) is 2. The van der Waals surface area contributed by atoms with E-state index >= 15 is 0 Å². The SMILES string of the molecule is CN(Cc1cccc(Oc2ccccc2)c1)C(=O)CBr. The van der Waals surface area contributed by atoms with Crippen molar-refractivity contribution in [3.05, 3.63) is 60.2 Å². The van der Waals surface area contributed by atoms with E-state index in [1.807, 2.05) is 54.6 Å². The van der Waals surface area contributed by atoms with Crippen LogP contribution in [0.2, 0.25) is 0 Å². The summed E-state index contributed by atoms with van der Waals surface area (Å²) in [5.41, 5.74) is 1.04. The number of para-hydroxylation sites is 1. The van der Waals surface area contributed by atoms with Gasteiger partial charge in [0.15, 0.2) is 0 Å². The van der Waals surface area contributed by atoms with Crippen molar-refractivity contribution in [3.63, 3.8) is 0 Å². The van der Waals surface area contributed by atoms with E-state index in [0.717, 1.165) is 17.1 Å². The number of benzene rings is 2. The van der Waals surface area contributed by atoms with E-state index in [-0.39, 0.29) is 5.91 Å². The van der Waals surface area contributed by atoms with Gasteiger partial charge in [0.05, 0.1) is 5.33 Å². The van der Waals surface area contributed by atoms with Crippen LogP contribution in [0.3, 0.4) is 0 Å². The number of alkyl halides is 1. The molecule has 0 bridgehead atoms. The van der Waals surface area contributed by atoms with Crippen LogP contribution in [0.5, 0.6) is 11.5 Å². The Morgan fingerprint density at radius 1 is 1.10 bits per heavy atom. The molecule has 0 saturated heterocycles. The lowest BCUT2D eigenvalue weighted by molar-refractivity contribution is -0.127. The highest BCUT2D eigenvalue weighted by molar-refractivity contribution is 9.09. The molecule has 20 heavy (non-hydrogen) atoms. The van der Waals surface area contributed by atoms with Crippen LogP contribution >= 0.6 is 15.9 Å². The van der Waals surface area contributed by atoms with Crippen molar-refractivity contribution in [1.82, 2.24) is 4.90 Å². The third-order valence-corrected chi connectivity index (χ3v) is 3.32. The lowest BCUT2D eigenvalue weighted by atomic mass is 10.2. The zero-order chi connectivity index (χ0) is 14.4. The fourth-order valence-corrected chi connectivity index (χ4v) is 2.22. The molecule has 1 amide bonds. The van der Waals surface area contributed by atoms with Gasteiger partial charge in [0, 0.05) is 13.6 Å². The number of amides is 1. The Hall–Kier alpha value is -1.81. The molecular formula is C16H16BrNO2. The summed E-state index contributed by atoms with van der Waals surface area (Å²) in [6.07, 6.45) is 0. The minimum absolute atomic E-state index is 0.0550. The van der Waals surface area contributed by atoms with Crippen LogP contribution in [-0.4, -0.2) is 23.2 Å². The van der Waals surface area contributed by atoms with Gasteiger partial charge in [0.2, 0.25) is 5.91 Å². The fourth-order valence-electron chi connectivity index (χ4n) is 1.80. The van der Waals surface area contributed by atoms with Gasteiger partial charge in [0.25, 0.3) is 0 Å². The number of nitrogens with zero attached hydrogens (tertiary/aromatic N) is 1. The Morgan fingerprint density at radius 2 is 1.80 bits per heavy atom. The molecule has 3 nitrogen and oxygen atoms in total. The second kappa shape index (κ2) is 7.10. The highest BCUT2D eigenvalue weighted by atomic mass is 79.9. The molecule has 0 aliphatic rings. The maximum Gasteiger partial charge on any atom is 0.233 e. The molecule has 0 N–H and O–H groups in total. The smallest absolute Gasteiger partial charge is 0.233 e. The van der Waals surface area contributed by atoms with Gasteiger partial charge in [-0.2, -0.15) is 0 Å². The van der Waals surface area contributed by atoms with Gasteiger partial charge in [-0.25, -0.2) is 0 Å². The molecule has 0 atom stereocenters. The van der Waals surface area contributed by atoms with Crippen molar-refractivity contribution in [2.24, 2.45) is 0 Å². The minimum atomic E-state index is 0.0550. The van der Waals surface area contributed by atoms with E-state index in [1.165, 1.54) is 0 Å². The first-order valence-corrected chi connectivity index (χ1v) is 7.43. The van der Waals surface area contributed by atoms with Gasteiger partial charge in [-0.3, -0.25) is 4.79 Å². The molecule has 0 aromatic heterocycles. The number of hydrogen-bond donors (Lipinski definition) is 0. The molecule has 2 rings (SSSR count). The van der Waals surface area contributed by atoms with Crippen LogP contribution in [0.1, 0.15) is 5.56 Å². The molecule has 0 heterocycles. The lowest BCUT2D eigenvalue weighted by Gasteiger charge is -2.16. The predicted molar refractivity (Wildman–Crippen MR) is 83.2 cm³/mol. The van der Waals surface area contributed by atoms with Gasteiger partial charge < -0.3 is 9.64 Å². The summed E-state index contributed by atoms with van der Waals surface area (Å²) in [5.74, 6) is 1.63. The van der Waals surface area contributed by atoms with Crippen LogP contribution in [0.25, 0.3) is 0 Å². The van der Waals surface area contributed by atoms with E-state index in [4.69, 9.17) is 4.74 Å². The summed E-state index contributed by atoms with van der Waals surface area (Å²) < 4.78 is 5.77. The van der Waals surface area contributed by atoms with Crippen molar-refractivity contribution >= 4 is 21.8 Å². The standard InChI is InChI=1S/C16H16BrNO2/c1-18(16(19)11-17)12-13-6-5-9-15(10-13)20-14-7-3-2-4-8-14/h2-10H,11-12H2,1H3. The molecule has 0 aliphatic carbocycles. The lowest BCUT2D eigenvalue weighted by Crippen LogP contribution is -2.26. The van der Waals surface area contributed by atoms with Gasteiger partial charge in [-0.1, -0.05) is 46.3 Å². The van der Waals surface area contributed by atoms with Crippen molar-refractivity contribution < 1.29 is 9.53 Å². The Morgan fingerprint density at radius 3 is 2.50 bits per heavy atom. The van der Waals surface area contributed by atoms with Gasteiger partial charge in [0.1, 0.15) is 11.5 Å². The van der Waals surface area contributed by atoms with Crippen LogP contribution < -0.4 is 4.74 Å². The summed E-state index contributed by atoms with van der Waals surface area (Å²) in [7, 11) is 1.79. The molecule has 0 radical (unpaired) electrons. The summed E-state index contributed by atoms with van der Waals surface area (Å²) >= 11 is 3.17. The maximum atomic E-state index is 11.5. The predicted octanol–water partition coefficient (Wildman–Crippen LogP) is 3.83. The number of halogens is 1. The maximum absolute atomic E-state index is 11.5. The molecule has 0 saturated carbocycles. The molecule has 4 heteroatoms. The quantitative estimate of drug-likeness (QED) is 0.778. The van der Waals surface area contributed by atoms with Crippen LogP contribution in [0.4, 0.5) is 0 Å². The normalized spacial score (nSPS) is 10.1. The average molecular weight is 334 g/mol. The van der Waals surface area contributed by atoms with E-state index in [0.29, 0.717) is 11.9 Å². The zero-order valence-corrected chi connectivity index (χ0v) is 12.8. The summed E-state index contributed by atoms with van der Waals surface area (Å²) in [6, 6.07) is 17.4. The number of carbonyl (C=O) groups excluding carboxylic acids is 1. The topological polar surface area (TPSA) is 29.5 Å².